The number of carboxylic acid groups (broad SMARTS) is 1. The lowest BCUT2D eigenvalue weighted by Gasteiger charge is -2.38. The zero-order chi connectivity index (χ0) is 20.1. The molecule has 1 saturated carbocycles. The minimum atomic E-state index is -0.623. The van der Waals surface area contributed by atoms with E-state index >= 15 is 0 Å². The third-order valence-corrected chi connectivity index (χ3v) is 7.80. The summed E-state index contributed by atoms with van der Waals surface area (Å²) in [6.07, 6.45) is 8.92. The monoisotopic (exact) mass is 458 g/mol. The number of aromatic nitrogens is 1. The lowest BCUT2D eigenvalue weighted by atomic mass is 9.88. The Morgan fingerprint density at radius 3 is 2.72 bits per heavy atom. The molecule has 152 valence electrons. The van der Waals surface area contributed by atoms with E-state index in [4.69, 9.17) is 9.68 Å². The summed E-state index contributed by atoms with van der Waals surface area (Å²) in [6, 6.07) is 5.29. The number of nitriles is 1. The maximum Gasteiger partial charge on any atom is 0.308 e. The SMILES string of the molecule is N#Cc1cc2c(Br)c(NC3CCC(N4[C@H]5CC[C@H]4[C@@H](C(=O)O)C5)CC3)ncc2o1. The molecule has 2 aromatic rings. The van der Waals surface area contributed by atoms with Gasteiger partial charge >= 0.3 is 5.97 Å². The fourth-order valence-corrected chi connectivity index (χ4v) is 6.24. The largest absolute Gasteiger partial charge is 0.481 e. The van der Waals surface area contributed by atoms with E-state index < -0.39 is 5.97 Å². The highest BCUT2D eigenvalue weighted by molar-refractivity contribution is 9.10. The normalized spacial score (nSPS) is 31.8. The third-order valence-electron chi connectivity index (χ3n) is 6.99. The van der Waals surface area contributed by atoms with Gasteiger partial charge in [0.05, 0.1) is 16.6 Å². The van der Waals surface area contributed by atoms with Gasteiger partial charge in [0.15, 0.2) is 5.58 Å². The molecular formula is C21H23BrN4O3. The van der Waals surface area contributed by atoms with Crippen LogP contribution in [0.2, 0.25) is 0 Å². The summed E-state index contributed by atoms with van der Waals surface area (Å²) >= 11 is 3.60. The number of pyridine rings is 1. The van der Waals surface area contributed by atoms with Crippen molar-refractivity contribution in [3.63, 3.8) is 0 Å². The quantitative estimate of drug-likeness (QED) is 0.709. The summed E-state index contributed by atoms with van der Waals surface area (Å²) in [5.74, 6) is 0.255. The molecule has 5 rings (SSSR count). The Morgan fingerprint density at radius 1 is 1.28 bits per heavy atom. The molecule has 1 aliphatic carbocycles. The molecule has 8 heteroatoms. The predicted octanol–water partition coefficient (Wildman–Crippen LogP) is 4.12. The molecule has 3 fully saturated rings. The van der Waals surface area contributed by atoms with Gasteiger partial charge in [-0.05, 0) is 60.9 Å². The van der Waals surface area contributed by atoms with Crippen LogP contribution in [0.1, 0.15) is 50.7 Å². The summed E-state index contributed by atoms with van der Waals surface area (Å²) in [6.45, 7) is 0. The highest BCUT2D eigenvalue weighted by Crippen LogP contribution is 2.45. The highest BCUT2D eigenvalue weighted by atomic mass is 79.9. The van der Waals surface area contributed by atoms with Crippen LogP contribution >= 0.6 is 15.9 Å². The fraction of sp³-hybridized carbons (Fsp3) is 0.571. The molecule has 4 heterocycles. The number of fused-ring (bicyclic) bond motifs is 3. The number of hydrogen-bond donors (Lipinski definition) is 2. The van der Waals surface area contributed by atoms with E-state index in [0.29, 0.717) is 23.7 Å². The first-order valence-electron chi connectivity index (χ1n) is 10.3. The lowest BCUT2D eigenvalue weighted by molar-refractivity contribution is -0.142. The average Bonchev–Trinajstić information content (AvgIpc) is 3.43. The number of rotatable bonds is 4. The van der Waals surface area contributed by atoms with Crippen molar-refractivity contribution in [3.05, 3.63) is 22.5 Å². The molecule has 2 aliphatic heterocycles. The Bertz CT molecular complexity index is 992. The topological polar surface area (TPSA) is 102 Å². The second-order valence-corrected chi connectivity index (χ2v) is 9.29. The van der Waals surface area contributed by atoms with E-state index in [1.54, 1.807) is 12.3 Å². The number of hydrogen-bond acceptors (Lipinski definition) is 6. The summed E-state index contributed by atoms with van der Waals surface area (Å²) < 4.78 is 6.26. The maximum atomic E-state index is 11.5. The second-order valence-electron chi connectivity index (χ2n) is 8.50. The van der Waals surface area contributed by atoms with Crippen molar-refractivity contribution in [1.82, 2.24) is 9.88 Å². The number of halogens is 1. The molecule has 3 aliphatic rings. The zero-order valence-electron chi connectivity index (χ0n) is 16.0. The van der Waals surface area contributed by atoms with E-state index in [-0.39, 0.29) is 17.7 Å². The minimum absolute atomic E-state index is 0.176. The predicted molar refractivity (Wildman–Crippen MR) is 110 cm³/mol. The molecule has 2 aromatic heterocycles. The first-order valence-corrected chi connectivity index (χ1v) is 11.1. The van der Waals surface area contributed by atoms with Crippen molar-refractivity contribution in [2.75, 3.05) is 5.32 Å². The van der Waals surface area contributed by atoms with Crippen molar-refractivity contribution in [2.24, 2.45) is 5.92 Å². The number of nitrogens with one attached hydrogen (secondary N) is 1. The summed E-state index contributed by atoms with van der Waals surface area (Å²) in [5.41, 5.74) is 0.597. The smallest absolute Gasteiger partial charge is 0.308 e. The van der Waals surface area contributed by atoms with Crippen LogP contribution in [-0.4, -0.2) is 45.1 Å². The number of anilines is 1. The first kappa shape index (κ1) is 18.9. The van der Waals surface area contributed by atoms with Gasteiger partial charge in [-0.1, -0.05) is 0 Å². The zero-order valence-corrected chi connectivity index (χ0v) is 17.6. The van der Waals surface area contributed by atoms with Crippen LogP contribution in [0.3, 0.4) is 0 Å². The van der Waals surface area contributed by atoms with Crippen LogP contribution in [0.4, 0.5) is 5.82 Å². The van der Waals surface area contributed by atoms with Crippen LogP contribution < -0.4 is 5.32 Å². The van der Waals surface area contributed by atoms with Gasteiger partial charge in [-0.15, -0.1) is 0 Å². The van der Waals surface area contributed by atoms with Crippen LogP contribution in [0.5, 0.6) is 0 Å². The first-order chi connectivity index (χ1) is 14.0. The van der Waals surface area contributed by atoms with Gasteiger partial charge < -0.3 is 14.8 Å². The van der Waals surface area contributed by atoms with E-state index in [0.717, 1.165) is 60.6 Å². The summed E-state index contributed by atoms with van der Waals surface area (Å²) in [4.78, 5) is 18.6. The number of furan rings is 1. The molecule has 0 radical (unpaired) electrons. The van der Waals surface area contributed by atoms with Crippen LogP contribution in [-0.2, 0) is 4.79 Å². The van der Waals surface area contributed by atoms with E-state index in [1.165, 1.54) is 0 Å². The molecule has 7 nitrogen and oxygen atoms in total. The maximum absolute atomic E-state index is 11.5. The van der Waals surface area contributed by atoms with Crippen molar-refractivity contribution < 1.29 is 14.3 Å². The molecule has 0 unspecified atom stereocenters. The number of carboxylic acids is 1. The highest BCUT2D eigenvalue weighted by Gasteiger charge is 2.51. The molecule has 2 bridgehead atoms. The van der Waals surface area contributed by atoms with Gasteiger partial charge in [0.25, 0.3) is 0 Å². The Morgan fingerprint density at radius 2 is 2.03 bits per heavy atom. The number of nitrogens with zero attached hydrogens (tertiary/aromatic N) is 3. The van der Waals surface area contributed by atoms with Crippen LogP contribution in [0.15, 0.2) is 21.2 Å². The van der Waals surface area contributed by atoms with E-state index in [2.05, 4.69) is 31.1 Å². The Hall–Kier alpha value is -2.11. The Kier molecular flexibility index (Phi) is 4.75. The number of aliphatic carboxylic acids is 1. The molecule has 2 N–H and O–H groups in total. The minimum Gasteiger partial charge on any atom is -0.481 e. The van der Waals surface area contributed by atoms with Gasteiger partial charge in [0, 0.05) is 35.6 Å². The molecule has 29 heavy (non-hydrogen) atoms. The number of carbonyl (C=O) groups is 1. The van der Waals surface area contributed by atoms with Gasteiger partial charge in [0.2, 0.25) is 5.76 Å². The van der Waals surface area contributed by atoms with Gasteiger partial charge in [-0.25, -0.2) is 4.98 Å². The molecule has 3 atom stereocenters. The van der Waals surface area contributed by atoms with E-state index in [1.807, 2.05) is 6.07 Å². The van der Waals surface area contributed by atoms with Crippen molar-refractivity contribution in [3.8, 4) is 6.07 Å². The molecule has 0 aromatic carbocycles. The second kappa shape index (κ2) is 7.29. The van der Waals surface area contributed by atoms with Crippen LogP contribution in [0.25, 0.3) is 11.0 Å². The van der Waals surface area contributed by atoms with Crippen LogP contribution in [0, 0.1) is 17.2 Å². The standard InChI is InChI=1S/C21H23BrN4O3/c22-19-16-8-14(9-23)29-18(16)10-24-20(19)25-11-1-3-12(4-2-11)26-13-5-6-17(26)15(7-13)21(27)28/h8,10-13,15,17H,1-7H2,(H,24,25)(H,27,28)/t11?,12?,13-,15-,17-/m0/s1. The Labute approximate surface area is 177 Å². The van der Waals surface area contributed by atoms with E-state index in [9.17, 15) is 9.90 Å². The average molecular weight is 459 g/mol. The Balaban J connectivity index is 1.24. The molecule has 0 amide bonds. The third kappa shape index (κ3) is 3.21. The van der Waals surface area contributed by atoms with Crippen molar-refractivity contribution in [1.29, 1.82) is 5.26 Å². The molecule has 0 spiro atoms. The van der Waals surface area contributed by atoms with Crippen molar-refractivity contribution in [2.45, 2.75) is 69.1 Å². The molecular weight excluding hydrogens is 436 g/mol. The summed E-state index contributed by atoms with van der Waals surface area (Å²) in [7, 11) is 0. The van der Waals surface area contributed by atoms with Gasteiger partial charge in [-0.3, -0.25) is 9.69 Å². The van der Waals surface area contributed by atoms with Crippen molar-refractivity contribution >= 4 is 38.7 Å². The van der Waals surface area contributed by atoms with Gasteiger partial charge in [0.1, 0.15) is 11.9 Å². The van der Waals surface area contributed by atoms with Gasteiger partial charge in [-0.2, -0.15) is 5.26 Å². The lowest BCUT2D eigenvalue weighted by Crippen LogP contribution is -2.44. The molecule has 2 saturated heterocycles. The summed E-state index contributed by atoms with van der Waals surface area (Å²) in [5, 5.41) is 22.9. The fourth-order valence-electron chi connectivity index (χ4n) is 5.71.